The molecule has 0 aromatic carbocycles. The summed E-state index contributed by atoms with van der Waals surface area (Å²) in [6.07, 6.45) is 0.946. The fraction of sp³-hybridized carbons (Fsp3) is 0.500. The van der Waals surface area contributed by atoms with Gasteiger partial charge in [0.2, 0.25) is 0 Å². The number of likely N-dealkylation sites (tertiary alicyclic amines) is 1. The van der Waals surface area contributed by atoms with Crippen LogP contribution in [0.25, 0.3) is 0 Å². The molecule has 0 unspecified atom stereocenters. The summed E-state index contributed by atoms with van der Waals surface area (Å²) in [6.45, 7) is 3.22. The van der Waals surface area contributed by atoms with Gasteiger partial charge in [0.25, 0.3) is 0 Å². The molecule has 16 heavy (non-hydrogen) atoms. The summed E-state index contributed by atoms with van der Waals surface area (Å²) in [7, 11) is 0. The highest BCUT2D eigenvalue weighted by molar-refractivity contribution is 5.65. The maximum absolute atomic E-state index is 10.8. The molecule has 1 fully saturated rings. The summed E-state index contributed by atoms with van der Waals surface area (Å²) in [5, 5.41) is 8.85. The first-order valence-electron chi connectivity index (χ1n) is 5.58. The second-order valence-corrected chi connectivity index (χ2v) is 4.25. The monoisotopic (exact) mass is 220 g/mol. The lowest BCUT2D eigenvalue weighted by molar-refractivity contribution is 0.131. The zero-order valence-corrected chi connectivity index (χ0v) is 9.39. The van der Waals surface area contributed by atoms with E-state index >= 15 is 0 Å². The molecule has 0 bridgehead atoms. The van der Waals surface area contributed by atoms with Crippen LogP contribution in [0.15, 0.2) is 18.2 Å². The van der Waals surface area contributed by atoms with Gasteiger partial charge in [-0.25, -0.2) is 4.79 Å². The Morgan fingerprint density at radius 3 is 2.69 bits per heavy atom. The van der Waals surface area contributed by atoms with Gasteiger partial charge in [-0.05, 0) is 31.9 Å². The average Bonchev–Trinajstić information content (AvgIpc) is 2.29. The van der Waals surface area contributed by atoms with Crippen molar-refractivity contribution in [1.29, 1.82) is 0 Å². The Labute approximate surface area is 94.9 Å². The molecule has 0 radical (unpaired) electrons. The van der Waals surface area contributed by atoms with Crippen LogP contribution in [0.1, 0.15) is 30.1 Å². The molecule has 1 aliphatic heterocycles. The van der Waals surface area contributed by atoms with E-state index in [1.54, 1.807) is 0 Å². The molecule has 2 rings (SSSR count). The number of carbonyl (C=O) groups is 1. The summed E-state index contributed by atoms with van der Waals surface area (Å²) in [4.78, 5) is 16.7. The summed E-state index contributed by atoms with van der Waals surface area (Å²) < 4.78 is 0. The first-order valence-corrected chi connectivity index (χ1v) is 5.58. The van der Waals surface area contributed by atoms with E-state index in [4.69, 9.17) is 5.11 Å². The van der Waals surface area contributed by atoms with Crippen molar-refractivity contribution in [2.24, 2.45) is 0 Å². The third-order valence-corrected chi connectivity index (χ3v) is 3.09. The Kier molecular flexibility index (Phi) is 3.08. The highest BCUT2D eigenvalue weighted by atomic mass is 16.4. The SMILES string of the molecule is Cc1cccc(C2CCN(C(=O)O)CC2)n1. The minimum absolute atomic E-state index is 0.412. The van der Waals surface area contributed by atoms with E-state index < -0.39 is 6.09 Å². The Morgan fingerprint density at radius 2 is 2.12 bits per heavy atom. The molecular formula is C12H16N2O2. The molecule has 1 aromatic heterocycles. The number of nitrogens with zero attached hydrogens (tertiary/aromatic N) is 2. The Bertz CT molecular complexity index is 384. The molecule has 1 aliphatic rings. The summed E-state index contributed by atoms with van der Waals surface area (Å²) in [6, 6.07) is 6.03. The Hall–Kier alpha value is -1.58. The van der Waals surface area contributed by atoms with Gasteiger partial charge >= 0.3 is 6.09 Å². The van der Waals surface area contributed by atoms with Crippen molar-refractivity contribution < 1.29 is 9.90 Å². The number of aromatic nitrogens is 1. The normalized spacial score (nSPS) is 17.4. The number of piperidine rings is 1. The van der Waals surface area contributed by atoms with Gasteiger partial charge in [0.15, 0.2) is 0 Å². The van der Waals surface area contributed by atoms with Gasteiger partial charge in [0.1, 0.15) is 0 Å². The number of amides is 1. The van der Waals surface area contributed by atoms with Crippen LogP contribution < -0.4 is 0 Å². The topological polar surface area (TPSA) is 53.4 Å². The lowest BCUT2D eigenvalue weighted by atomic mass is 9.93. The predicted octanol–water partition coefficient (Wildman–Crippen LogP) is 2.25. The molecular weight excluding hydrogens is 204 g/mol. The van der Waals surface area contributed by atoms with Crippen molar-refractivity contribution in [3.05, 3.63) is 29.6 Å². The van der Waals surface area contributed by atoms with Crippen LogP contribution in [0.2, 0.25) is 0 Å². The van der Waals surface area contributed by atoms with Crippen LogP contribution in [0.3, 0.4) is 0 Å². The minimum Gasteiger partial charge on any atom is -0.465 e. The smallest absolute Gasteiger partial charge is 0.407 e. The fourth-order valence-electron chi connectivity index (χ4n) is 2.16. The molecule has 4 heteroatoms. The molecule has 4 nitrogen and oxygen atoms in total. The van der Waals surface area contributed by atoms with E-state index in [0.29, 0.717) is 19.0 Å². The molecule has 1 saturated heterocycles. The van der Waals surface area contributed by atoms with Crippen LogP contribution in [0, 0.1) is 6.92 Å². The second kappa shape index (κ2) is 4.51. The van der Waals surface area contributed by atoms with Crippen LogP contribution in [0.4, 0.5) is 4.79 Å². The van der Waals surface area contributed by atoms with Gasteiger partial charge in [-0.3, -0.25) is 4.98 Å². The van der Waals surface area contributed by atoms with Crippen LogP contribution in [-0.2, 0) is 0 Å². The van der Waals surface area contributed by atoms with E-state index in [1.807, 2.05) is 25.1 Å². The first kappa shape index (κ1) is 10.9. The zero-order chi connectivity index (χ0) is 11.5. The maximum atomic E-state index is 10.8. The van der Waals surface area contributed by atoms with Crippen molar-refractivity contribution in [3.63, 3.8) is 0 Å². The number of pyridine rings is 1. The van der Waals surface area contributed by atoms with Gasteiger partial charge < -0.3 is 10.0 Å². The quantitative estimate of drug-likeness (QED) is 0.789. The van der Waals surface area contributed by atoms with Crippen LogP contribution in [0.5, 0.6) is 0 Å². The van der Waals surface area contributed by atoms with Gasteiger partial charge in [-0.15, -0.1) is 0 Å². The fourth-order valence-corrected chi connectivity index (χ4v) is 2.16. The average molecular weight is 220 g/mol. The van der Waals surface area contributed by atoms with Crippen LogP contribution in [-0.4, -0.2) is 34.2 Å². The van der Waals surface area contributed by atoms with E-state index in [9.17, 15) is 4.79 Å². The number of aryl methyl sites for hydroxylation is 1. The van der Waals surface area contributed by atoms with E-state index in [1.165, 1.54) is 4.90 Å². The van der Waals surface area contributed by atoms with Gasteiger partial charge in [0.05, 0.1) is 0 Å². The first-order chi connectivity index (χ1) is 7.66. The predicted molar refractivity (Wildman–Crippen MR) is 60.5 cm³/mol. The highest BCUT2D eigenvalue weighted by Gasteiger charge is 2.23. The number of rotatable bonds is 1. The minimum atomic E-state index is -0.810. The summed E-state index contributed by atoms with van der Waals surface area (Å²) >= 11 is 0. The summed E-state index contributed by atoms with van der Waals surface area (Å²) in [5.41, 5.74) is 2.13. The molecule has 0 atom stereocenters. The third kappa shape index (κ3) is 2.32. The number of hydrogen-bond donors (Lipinski definition) is 1. The zero-order valence-electron chi connectivity index (χ0n) is 9.39. The van der Waals surface area contributed by atoms with E-state index in [2.05, 4.69) is 4.98 Å². The second-order valence-electron chi connectivity index (χ2n) is 4.25. The highest BCUT2D eigenvalue weighted by Crippen LogP contribution is 2.26. The molecule has 1 N–H and O–H groups in total. The largest absolute Gasteiger partial charge is 0.465 e. The molecule has 86 valence electrons. The number of hydrogen-bond acceptors (Lipinski definition) is 2. The van der Waals surface area contributed by atoms with Gasteiger partial charge in [-0.1, -0.05) is 6.07 Å². The van der Waals surface area contributed by atoms with Crippen molar-refractivity contribution in [3.8, 4) is 0 Å². The van der Waals surface area contributed by atoms with Crippen molar-refractivity contribution >= 4 is 6.09 Å². The van der Waals surface area contributed by atoms with Crippen LogP contribution >= 0.6 is 0 Å². The van der Waals surface area contributed by atoms with Crippen molar-refractivity contribution in [2.45, 2.75) is 25.7 Å². The summed E-state index contributed by atoms with van der Waals surface area (Å²) in [5.74, 6) is 0.412. The third-order valence-electron chi connectivity index (χ3n) is 3.09. The molecule has 1 amide bonds. The lowest BCUT2D eigenvalue weighted by Gasteiger charge is -2.29. The maximum Gasteiger partial charge on any atom is 0.407 e. The lowest BCUT2D eigenvalue weighted by Crippen LogP contribution is -2.36. The van der Waals surface area contributed by atoms with Gasteiger partial charge in [-0.2, -0.15) is 0 Å². The molecule has 2 heterocycles. The molecule has 1 aromatic rings. The van der Waals surface area contributed by atoms with Gasteiger partial charge in [0, 0.05) is 30.4 Å². The van der Waals surface area contributed by atoms with Crippen molar-refractivity contribution in [2.75, 3.05) is 13.1 Å². The molecule has 0 saturated carbocycles. The molecule has 0 spiro atoms. The van der Waals surface area contributed by atoms with E-state index in [0.717, 1.165) is 24.2 Å². The van der Waals surface area contributed by atoms with E-state index in [-0.39, 0.29) is 0 Å². The molecule has 0 aliphatic carbocycles. The Balaban J connectivity index is 2.01. The standard InChI is InChI=1S/C12H16N2O2/c1-9-3-2-4-11(13-9)10-5-7-14(8-6-10)12(15)16/h2-4,10H,5-8H2,1H3,(H,15,16). The Morgan fingerprint density at radius 1 is 1.44 bits per heavy atom. The van der Waals surface area contributed by atoms with Crippen molar-refractivity contribution in [1.82, 2.24) is 9.88 Å². The number of carboxylic acid groups (broad SMARTS) is 1.